The van der Waals surface area contributed by atoms with E-state index >= 15 is 0 Å². The quantitative estimate of drug-likeness (QED) is 0.402. The molecule has 0 rings (SSSR count). The van der Waals surface area contributed by atoms with Gasteiger partial charge in [0.05, 0.1) is 17.8 Å². The maximum atomic E-state index is 9.73. The maximum Gasteiger partial charge on any atom is 0.0626 e. The van der Waals surface area contributed by atoms with Crippen molar-refractivity contribution in [3.63, 3.8) is 0 Å². The van der Waals surface area contributed by atoms with Crippen molar-refractivity contribution < 1.29 is 9.84 Å². The molecule has 0 aromatic heterocycles. The van der Waals surface area contributed by atoms with Crippen molar-refractivity contribution >= 4 is 11.8 Å². The molecule has 0 saturated carbocycles. The summed E-state index contributed by atoms with van der Waals surface area (Å²) < 4.78 is 5.93. The molecule has 4 heteroatoms. The summed E-state index contributed by atoms with van der Waals surface area (Å²) in [6.07, 6.45) is 6.76. The second-order valence-electron chi connectivity index (χ2n) is 8.80. The predicted molar refractivity (Wildman–Crippen MR) is 109 cm³/mol. The zero-order valence-electron chi connectivity index (χ0n) is 17.3. The molecule has 0 unspecified atom stereocenters. The molecule has 146 valence electrons. The van der Waals surface area contributed by atoms with E-state index < -0.39 is 5.60 Å². The van der Waals surface area contributed by atoms with Gasteiger partial charge in [-0.1, -0.05) is 19.8 Å². The summed E-state index contributed by atoms with van der Waals surface area (Å²) in [6.45, 7) is 16.5. The van der Waals surface area contributed by atoms with Gasteiger partial charge in [0.1, 0.15) is 0 Å². The molecule has 0 aromatic carbocycles. The van der Waals surface area contributed by atoms with Crippen LogP contribution in [0.2, 0.25) is 0 Å². The van der Waals surface area contributed by atoms with Crippen LogP contribution in [-0.2, 0) is 4.74 Å². The van der Waals surface area contributed by atoms with Crippen LogP contribution in [0.4, 0.5) is 0 Å². The van der Waals surface area contributed by atoms with E-state index in [-0.39, 0.29) is 11.1 Å². The normalized spacial score (nSPS) is 13.5. The highest BCUT2D eigenvalue weighted by Crippen LogP contribution is 2.20. The molecule has 0 bridgehead atoms. The minimum Gasteiger partial charge on any atom is -0.390 e. The van der Waals surface area contributed by atoms with Crippen molar-refractivity contribution in [2.24, 2.45) is 0 Å². The lowest BCUT2D eigenvalue weighted by atomic mass is 9.98. The van der Waals surface area contributed by atoms with Crippen LogP contribution in [0.1, 0.15) is 87.0 Å². The highest BCUT2D eigenvalue weighted by Gasteiger charge is 2.20. The number of nitrogens with one attached hydrogen (secondary N) is 1. The zero-order chi connectivity index (χ0) is 18.7. The molecule has 0 amide bonds. The summed E-state index contributed by atoms with van der Waals surface area (Å²) in [6, 6.07) is 0. The molecule has 0 fully saturated rings. The first-order valence-corrected chi connectivity index (χ1v) is 10.8. The van der Waals surface area contributed by atoms with Gasteiger partial charge in [-0.15, -0.1) is 0 Å². The number of ether oxygens (including phenoxy) is 1. The molecule has 0 saturated heterocycles. The van der Waals surface area contributed by atoms with E-state index in [1.54, 1.807) is 0 Å². The number of rotatable bonds is 15. The van der Waals surface area contributed by atoms with Crippen LogP contribution in [0.25, 0.3) is 0 Å². The van der Waals surface area contributed by atoms with Gasteiger partial charge in [0.25, 0.3) is 0 Å². The molecule has 0 aliphatic carbocycles. The molecule has 0 aliphatic heterocycles. The molecule has 0 heterocycles. The SMILES string of the molecule is CCCCC(C)(C)NCCSCCCC(C)(C)OCCC(C)(C)O. The third-order valence-electron chi connectivity index (χ3n) is 4.28. The lowest BCUT2D eigenvalue weighted by Gasteiger charge is -2.27. The lowest BCUT2D eigenvalue weighted by Crippen LogP contribution is -2.40. The third kappa shape index (κ3) is 15.7. The summed E-state index contributed by atoms with van der Waals surface area (Å²) in [5, 5.41) is 13.4. The van der Waals surface area contributed by atoms with Crippen molar-refractivity contribution in [3.8, 4) is 0 Å². The predicted octanol–water partition coefficient (Wildman–Crippen LogP) is 5.01. The highest BCUT2D eigenvalue weighted by atomic mass is 32.2. The van der Waals surface area contributed by atoms with Gasteiger partial charge in [-0.3, -0.25) is 0 Å². The Morgan fingerprint density at radius 3 is 2.17 bits per heavy atom. The minimum absolute atomic E-state index is 0.0911. The summed E-state index contributed by atoms with van der Waals surface area (Å²) >= 11 is 2.03. The standard InChI is InChI=1S/C20H43NO2S/c1-8-9-11-18(2,3)21-14-17-24-16-10-12-20(6,7)23-15-13-19(4,5)22/h21-22H,8-17H2,1-7H3. The summed E-state index contributed by atoms with van der Waals surface area (Å²) in [5.41, 5.74) is -0.455. The van der Waals surface area contributed by atoms with Gasteiger partial charge in [0, 0.05) is 17.8 Å². The minimum atomic E-state index is -0.635. The Kier molecular flexibility index (Phi) is 11.9. The first-order chi connectivity index (χ1) is 11.0. The van der Waals surface area contributed by atoms with E-state index in [1.807, 2.05) is 25.6 Å². The van der Waals surface area contributed by atoms with E-state index in [9.17, 15) is 5.11 Å². The van der Waals surface area contributed by atoms with E-state index in [0.29, 0.717) is 13.0 Å². The van der Waals surface area contributed by atoms with Gasteiger partial charge in [-0.05, 0) is 73.0 Å². The number of aliphatic hydroxyl groups is 1. The number of unbranched alkanes of at least 4 members (excludes halogenated alkanes) is 1. The average Bonchev–Trinajstić information content (AvgIpc) is 2.42. The van der Waals surface area contributed by atoms with E-state index in [4.69, 9.17) is 4.74 Å². The Bertz CT molecular complexity index is 311. The highest BCUT2D eigenvalue weighted by molar-refractivity contribution is 7.99. The van der Waals surface area contributed by atoms with Crippen molar-refractivity contribution in [2.45, 2.75) is 104 Å². The van der Waals surface area contributed by atoms with Gasteiger partial charge >= 0.3 is 0 Å². The summed E-state index contributed by atoms with van der Waals surface area (Å²) in [7, 11) is 0. The van der Waals surface area contributed by atoms with E-state index in [0.717, 1.165) is 13.0 Å². The smallest absolute Gasteiger partial charge is 0.0626 e. The lowest BCUT2D eigenvalue weighted by molar-refractivity contribution is -0.0500. The molecule has 3 nitrogen and oxygen atoms in total. The molecule has 0 spiro atoms. The average molecular weight is 362 g/mol. The maximum absolute atomic E-state index is 9.73. The van der Waals surface area contributed by atoms with Crippen LogP contribution in [0, 0.1) is 0 Å². The fourth-order valence-corrected chi connectivity index (χ4v) is 3.32. The second kappa shape index (κ2) is 11.8. The molecule has 0 radical (unpaired) electrons. The molecule has 0 atom stereocenters. The van der Waals surface area contributed by atoms with Crippen molar-refractivity contribution in [1.29, 1.82) is 0 Å². The number of hydrogen-bond acceptors (Lipinski definition) is 4. The van der Waals surface area contributed by atoms with Crippen LogP contribution in [0.15, 0.2) is 0 Å². The number of hydrogen-bond donors (Lipinski definition) is 2. The fourth-order valence-electron chi connectivity index (χ4n) is 2.52. The van der Waals surface area contributed by atoms with Crippen LogP contribution in [0.5, 0.6) is 0 Å². The Morgan fingerprint density at radius 1 is 0.917 bits per heavy atom. The summed E-state index contributed by atoms with van der Waals surface area (Å²) in [4.78, 5) is 0. The molecule has 24 heavy (non-hydrogen) atoms. The molecule has 2 N–H and O–H groups in total. The van der Waals surface area contributed by atoms with Crippen LogP contribution < -0.4 is 5.32 Å². The van der Waals surface area contributed by atoms with E-state index in [1.165, 1.54) is 37.2 Å². The van der Waals surface area contributed by atoms with Gasteiger partial charge < -0.3 is 15.2 Å². The van der Waals surface area contributed by atoms with Gasteiger partial charge in [0.2, 0.25) is 0 Å². The Labute approximate surface area is 155 Å². The fraction of sp³-hybridized carbons (Fsp3) is 1.00. The number of thioether (sulfide) groups is 1. The molecular formula is C20H43NO2S. The van der Waals surface area contributed by atoms with Crippen LogP contribution in [-0.4, -0.2) is 46.5 Å². The largest absolute Gasteiger partial charge is 0.390 e. The first kappa shape index (κ1) is 24.2. The monoisotopic (exact) mass is 361 g/mol. The van der Waals surface area contributed by atoms with Crippen LogP contribution >= 0.6 is 11.8 Å². The molecule has 0 aromatic rings. The Balaban J connectivity index is 3.64. The molecule has 0 aliphatic rings. The zero-order valence-corrected chi connectivity index (χ0v) is 18.2. The Hall–Kier alpha value is 0.230. The van der Waals surface area contributed by atoms with Gasteiger partial charge in [-0.2, -0.15) is 11.8 Å². The summed E-state index contributed by atoms with van der Waals surface area (Å²) in [5.74, 6) is 2.37. The van der Waals surface area contributed by atoms with Gasteiger partial charge in [-0.25, -0.2) is 0 Å². The van der Waals surface area contributed by atoms with E-state index in [2.05, 4.69) is 39.9 Å². The van der Waals surface area contributed by atoms with Crippen molar-refractivity contribution in [3.05, 3.63) is 0 Å². The van der Waals surface area contributed by atoms with Crippen LogP contribution in [0.3, 0.4) is 0 Å². The topological polar surface area (TPSA) is 41.5 Å². The first-order valence-electron chi connectivity index (χ1n) is 9.67. The van der Waals surface area contributed by atoms with Crippen molar-refractivity contribution in [2.75, 3.05) is 24.7 Å². The second-order valence-corrected chi connectivity index (χ2v) is 10.0. The Morgan fingerprint density at radius 2 is 1.58 bits per heavy atom. The van der Waals surface area contributed by atoms with Crippen molar-refractivity contribution in [1.82, 2.24) is 5.32 Å². The third-order valence-corrected chi connectivity index (χ3v) is 5.35. The molecular weight excluding hydrogens is 318 g/mol. The van der Waals surface area contributed by atoms with Gasteiger partial charge in [0.15, 0.2) is 0 Å².